The number of carbonyl (C=O) groups is 5. The van der Waals surface area contributed by atoms with Gasteiger partial charge in [-0.3, -0.25) is 14.5 Å². The van der Waals surface area contributed by atoms with Crippen LogP contribution in [-0.4, -0.2) is 126 Å². The van der Waals surface area contributed by atoms with Gasteiger partial charge in [0.15, 0.2) is 11.7 Å². The summed E-state index contributed by atoms with van der Waals surface area (Å²) in [6.07, 6.45) is -5.28. The van der Waals surface area contributed by atoms with Crippen molar-refractivity contribution in [3.05, 3.63) is 82.9 Å². The fourth-order valence-electron chi connectivity index (χ4n) is 11.8. The van der Waals surface area contributed by atoms with Gasteiger partial charge in [-0.2, -0.15) is 0 Å². The quantitative estimate of drug-likeness (QED) is 0.157. The number of hydrogen-bond donors (Lipinski definition) is 3. The number of alkyl carbamates (subject to hydrolysis) is 1. The van der Waals surface area contributed by atoms with Crippen LogP contribution in [-0.2, 0) is 42.8 Å². The van der Waals surface area contributed by atoms with Crippen molar-refractivity contribution >= 4 is 29.8 Å². The van der Waals surface area contributed by atoms with Gasteiger partial charge in [-0.1, -0.05) is 62.4 Å². The molecule has 346 valence electrons. The third-order valence-electron chi connectivity index (χ3n) is 14.9. The van der Waals surface area contributed by atoms with Crippen molar-refractivity contribution in [2.75, 3.05) is 39.5 Å². The molecule has 2 aliphatic heterocycles. The van der Waals surface area contributed by atoms with Gasteiger partial charge in [-0.25, -0.2) is 14.4 Å². The van der Waals surface area contributed by atoms with Crippen LogP contribution in [0.2, 0.25) is 0 Å². The van der Waals surface area contributed by atoms with E-state index in [1.807, 2.05) is 13.8 Å². The first kappa shape index (κ1) is 45.9. The van der Waals surface area contributed by atoms with Crippen LogP contribution in [0.4, 0.5) is 4.79 Å². The number of aliphatic hydroxyl groups is 2. The summed E-state index contributed by atoms with van der Waals surface area (Å²) in [6.45, 7) is 14.7. The second-order valence-corrected chi connectivity index (χ2v) is 20.1. The highest BCUT2D eigenvalue weighted by Gasteiger charge is 2.83. The maximum Gasteiger partial charge on any atom is 0.408 e. The molecule has 3 N–H and O–H groups in total. The Morgan fingerprint density at radius 2 is 1.62 bits per heavy atom. The number of amides is 1. The zero-order valence-corrected chi connectivity index (χ0v) is 37.8. The third kappa shape index (κ3) is 7.94. The number of aliphatic hydroxyl groups excluding tert-OH is 1. The van der Waals surface area contributed by atoms with Crippen molar-refractivity contribution in [1.29, 1.82) is 0 Å². The van der Waals surface area contributed by atoms with Crippen molar-refractivity contribution in [3.8, 4) is 0 Å². The molecule has 2 aromatic carbocycles. The summed E-state index contributed by atoms with van der Waals surface area (Å²) < 4.78 is 36.5. The van der Waals surface area contributed by atoms with Gasteiger partial charge in [0, 0.05) is 43.2 Å². The molecule has 2 aromatic rings. The number of morpholine rings is 1. The van der Waals surface area contributed by atoms with Crippen LogP contribution in [0, 0.1) is 28.6 Å². The number of carbonyl (C=O) groups excluding carboxylic acids is 5. The maximum atomic E-state index is 16.0. The highest BCUT2D eigenvalue weighted by Crippen LogP contribution is 2.75. The molecule has 8 rings (SSSR count). The van der Waals surface area contributed by atoms with E-state index in [1.54, 1.807) is 88.4 Å². The molecule has 5 fully saturated rings. The van der Waals surface area contributed by atoms with E-state index in [2.05, 4.69) is 10.2 Å². The molecule has 2 unspecified atom stereocenters. The predicted octanol–water partition coefficient (Wildman–Crippen LogP) is 4.88. The third-order valence-corrected chi connectivity index (χ3v) is 14.9. The Labute approximate surface area is 374 Å². The normalized spacial score (nSPS) is 33.9. The van der Waals surface area contributed by atoms with Gasteiger partial charge in [0.1, 0.15) is 35.3 Å². The van der Waals surface area contributed by atoms with Gasteiger partial charge in [-0.05, 0) is 88.3 Å². The number of nitrogens with zero attached hydrogens (tertiary/aromatic N) is 1. The second kappa shape index (κ2) is 17.0. The monoisotopic (exact) mass is 886 g/mol. The maximum absolute atomic E-state index is 16.0. The lowest BCUT2D eigenvalue weighted by Crippen LogP contribution is -2.77. The van der Waals surface area contributed by atoms with Crippen molar-refractivity contribution in [3.63, 3.8) is 0 Å². The Morgan fingerprint density at radius 3 is 2.23 bits per heavy atom. The number of hydrogen-bond acceptors (Lipinski definition) is 14. The summed E-state index contributed by atoms with van der Waals surface area (Å²) in [6, 6.07) is 15.5. The second-order valence-electron chi connectivity index (χ2n) is 20.1. The topological polar surface area (TPSA) is 196 Å². The molecule has 11 atom stereocenters. The number of ether oxygens (including phenoxy) is 6. The van der Waals surface area contributed by atoms with Crippen LogP contribution in [0.1, 0.15) is 96.1 Å². The number of nitrogens with one attached hydrogen (secondary N) is 1. The SMILES string of the molecule is CC(=O)O[C@@]12CO[C@@H]1CC1C[C@@]13C(=O)[C@H](CCN1CCOCC1)C1=C(C)[C@@H](OC(=O)[C@H](O)[C@@H](NC(=O)OC(C)(C)C)c4ccccc4)C[C@@](O)([C@@H](OC(=O)c4ccccc4)C32)C1(C)C. The Kier molecular flexibility index (Phi) is 12.2. The molecule has 0 radical (unpaired) electrons. The summed E-state index contributed by atoms with van der Waals surface area (Å²) in [5.41, 5.74) is -5.17. The zero-order chi connectivity index (χ0) is 46.0. The Balaban J connectivity index is 1.26. The molecule has 2 heterocycles. The highest BCUT2D eigenvalue weighted by molar-refractivity contribution is 5.95. The van der Waals surface area contributed by atoms with E-state index in [9.17, 15) is 29.4 Å². The molecular weight excluding hydrogens is 825 g/mol. The molecule has 6 aliphatic rings. The molecule has 4 aliphatic carbocycles. The fraction of sp³-hybridized carbons (Fsp3) is 0.612. The molecule has 1 spiro atoms. The van der Waals surface area contributed by atoms with Gasteiger partial charge in [-0.15, -0.1) is 0 Å². The minimum absolute atomic E-state index is 0.0736. The van der Waals surface area contributed by atoms with Crippen molar-refractivity contribution in [1.82, 2.24) is 10.2 Å². The molecule has 2 bridgehead atoms. The van der Waals surface area contributed by atoms with Gasteiger partial charge in [0.2, 0.25) is 0 Å². The van der Waals surface area contributed by atoms with Crippen molar-refractivity contribution in [2.45, 2.75) is 121 Å². The first-order valence-corrected chi connectivity index (χ1v) is 22.5. The average Bonchev–Trinajstić information content (AvgIpc) is 3.98. The van der Waals surface area contributed by atoms with E-state index < -0.39 is 93.9 Å². The first-order valence-electron chi connectivity index (χ1n) is 22.5. The van der Waals surface area contributed by atoms with E-state index in [0.717, 1.165) is 0 Å². The minimum atomic E-state index is -2.08. The smallest absolute Gasteiger partial charge is 0.408 e. The molecule has 0 aromatic heterocycles. The Bertz CT molecular complexity index is 2170. The van der Waals surface area contributed by atoms with E-state index in [1.165, 1.54) is 6.92 Å². The largest absolute Gasteiger partial charge is 0.456 e. The summed E-state index contributed by atoms with van der Waals surface area (Å²) in [5.74, 6) is -4.61. The van der Waals surface area contributed by atoms with Crippen LogP contribution < -0.4 is 5.32 Å². The summed E-state index contributed by atoms with van der Waals surface area (Å²) >= 11 is 0. The van der Waals surface area contributed by atoms with E-state index in [-0.39, 0.29) is 30.3 Å². The van der Waals surface area contributed by atoms with Crippen LogP contribution in [0.25, 0.3) is 0 Å². The zero-order valence-electron chi connectivity index (χ0n) is 37.8. The average molecular weight is 887 g/mol. The van der Waals surface area contributed by atoms with Crippen LogP contribution in [0.15, 0.2) is 71.8 Å². The fourth-order valence-corrected chi connectivity index (χ4v) is 11.8. The number of benzene rings is 2. The van der Waals surface area contributed by atoms with E-state index >= 15 is 4.79 Å². The van der Waals surface area contributed by atoms with Crippen LogP contribution in [0.5, 0.6) is 0 Å². The number of esters is 3. The lowest BCUT2D eigenvalue weighted by molar-refractivity contribution is -0.323. The number of Topliss-reactive ketones (excluding diaryl/α,β-unsaturated/α-hetero) is 1. The summed E-state index contributed by atoms with van der Waals surface area (Å²) in [5, 5.41) is 28.4. The molecule has 3 saturated carbocycles. The molecule has 2 saturated heterocycles. The lowest BCUT2D eigenvalue weighted by Gasteiger charge is -2.64. The van der Waals surface area contributed by atoms with Gasteiger partial charge in [0.25, 0.3) is 0 Å². The first-order chi connectivity index (χ1) is 30.2. The van der Waals surface area contributed by atoms with Crippen LogP contribution >= 0.6 is 0 Å². The minimum Gasteiger partial charge on any atom is -0.456 e. The number of fused-ring (bicyclic) bond motifs is 4. The molecule has 15 nitrogen and oxygen atoms in total. The van der Waals surface area contributed by atoms with E-state index in [4.69, 9.17) is 28.4 Å². The lowest BCUT2D eigenvalue weighted by atomic mass is 9.47. The molecular formula is C49H62N2O13. The Hall–Kier alpha value is -4.67. The summed E-state index contributed by atoms with van der Waals surface area (Å²) in [4.78, 5) is 73.4. The van der Waals surface area contributed by atoms with Crippen molar-refractivity contribution in [2.24, 2.45) is 28.6 Å². The number of rotatable bonds is 11. The predicted molar refractivity (Wildman–Crippen MR) is 229 cm³/mol. The van der Waals surface area contributed by atoms with E-state index in [0.29, 0.717) is 68.8 Å². The highest BCUT2D eigenvalue weighted by atomic mass is 16.6. The standard InChI is InChI=1S/C49H62N2O13/c1-28-34(61-43(56)38(53)37(30-14-10-8-11-15-30)50-44(57)64-45(3,4)5)26-49(58)41(62-42(55)31-16-12-9-13-17-31)39-47(25-32(47)24-35-48(39,27-60-35)63-29(2)52)40(54)33(36(28)46(49,6)7)18-19-51-20-22-59-23-21-51/h8-17,32-35,37-39,41,53,58H,18-27H2,1-7H3,(H,50,57)/t32?,33-,34+,35-,37+,38-,39?,41+,47-,48+,49-/m1/s1. The Morgan fingerprint density at radius 1 is 0.969 bits per heavy atom. The van der Waals surface area contributed by atoms with Gasteiger partial charge >= 0.3 is 24.0 Å². The van der Waals surface area contributed by atoms with Crippen LogP contribution in [0.3, 0.4) is 0 Å². The number of ketones is 1. The van der Waals surface area contributed by atoms with Gasteiger partial charge in [0.05, 0.1) is 37.3 Å². The molecule has 1 amide bonds. The molecule has 15 heteroatoms. The van der Waals surface area contributed by atoms with Crippen molar-refractivity contribution < 1.29 is 62.6 Å². The summed E-state index contributed by atoms with van der Waals surface area (Å²) in [7, 11) is 0. The molecule has 64 heavy (non-hydrogen) atoms. The van der Waals surface area contributed by atoms with Gasteiger partial charge < -0.3 is 44.0 Å².